The highest BCUT2D eigenvalue weighted by atomic mass is 19.4. The molecule has 0 atom stereocenters. The summed E-state index contributed by atoms with van der Waals surface area (Å²) < 4.78 is 38.4. The summed E-state index contributed by atoms with van der Waals surface area (Å²) in [5, 5.41) is 7.80. The molecule has 0 saturated carbocycles. The molecule has 0 radical (unpaired) electrons. The maximum Gasteiger partial charge on any atom is 0.416 e. The summed E-state index contributed by atoms with van der Waals surface area (Å²) in [6, 6.07) is 4.85. The SMILES string of the molecule is CC1CCN(C(=O)CCc2nnc(Cc3cccc(C(F)(F)F)c3)[nH]c2=O)CC1. The van der Waals surface area contributed by atoms with Gasteiger partial charge in [-0.1, -0.05) is 25.1 Å². The Hall–Kier alpha value is -2.71. The van der Waals surface area contributed by atoms with Crippen molar-refractivity contribution in [1.29, 1.82) is 0 Å². The van der Waals surface area contributed by atoms with Crippen LogP contribution in [0.2, 0.25) is 0 Å². The number of nitrogens with one attached hydrogen (secondary N) is 1. The molecule has 29 heavy (non-hydrogen) atoms. The molecule has 0 aliphatic carbocycles. The predicted molar refractivity (Wildman–Crippen MR) is 100 cm³/mol. The van der Waals surface area contributed by atoms with Crippen molar-refractivity contribution >= 4 is 5.91 Å². The molecule has 1 aromatic heterocycles. The molecule has 1 amide bonds. The van der Waals surface area contributed by atoms with Crippen molar-refractivity contribution in [1.82, 2.24) is 20.1 Å². The van der Waals surface area contributed by atoms with Crippen LogP contribution in [0.15, 0.2) is 29.1 Å². The van der Waals surface area contributed by atoms with Gasteiger partial charge in [-0.15, -0.1) is 10.2 Å². The molecule has 2 aromatic rings. The summed E-state index contributed by atoms with van der Waals surface area (Å²) in [6.45, 7) is 3.63. The van der Waals surface area contributed by atoms with Gasteiger partial charge in [0.15, 0.2) is 0 Å². The minimum absolute atomic E-state index is 0.00820. The van der Waals surface area contributed by atoms with E-state index in [1.807, 2.05) is 4.90 Å². The van der Waals surface area contributed by atoms with Gasteiger partial charge in [-0.05, 0) is 30.4 Å². The monoisotopic (exact) mass is 408 g/mol. The highest BCUT2D eigenvalue weighted by molar-refractivity contribution is 5.76. The van der Waals surface area contributed by atoms with E-state index in [4.69, 9.17) is 0 Å². The van der Waals surface area contributed by atoms with Crippen LogP contribution in [0.5, 0.6) is 0 Å². The molecular formula is C20H23F3N4O2. The van der Waals surface area contributed by atoms with Crippen LogP contribution in [0.1, 0.15) is 48.8 Å². The van der Waals surface area contributed by atoms with Crippen LogP contribution in [0.4, 0.5) is 13.2 Å². The molecule has 3 rings (SSSR count). The molecular weight excluding hydrogens is 385 g/mol. The number of aryl methyl sites for hydroxylation is 1. The Morgan fingerprint density at radius 3 is 2.62 bits per heavy atom. The first kappa shape index (κ1) is 21.0. The molecule has 1 aromatic carbocycles. The summed E-state index contributed by atoms with van der Waals surface area (Å²) in [6.07, 6.45) is -2.09. The van der Waals surface area contributed by atoms with Gasteiger partial charge in [-0.2, -0.15) is 13.2 Å². The molecule has 0 unspecified atom stereocenters. The minimum Gasteiger partial charge on any atom is -0.343 e. The number of halogens is 3. The van der Waals surface area contributed by atoms with E-state index in [0.717, 1.165) is 38.1 Å². The molecule has 156 valence electrons. The molecule has 9 heteroatoms. The van der Waals surface area contributed by atoms with E-state index in [-0.39, 0.29) is 36.7 Å². The van der Waals surface area contributed by atoms with Gasteiger partial charge < -0.3 is 9.88 Å². The highest BCUT2D eigenvalue weighted by Gasteiger charge is 2.30. The normalized spacial score (nSPS) is 15.5. The first-order valence-electron chi connectivity index (χ1n) is 9.61. The molecule has 1 saturated heterocycles. The van der Waals surface area contributed by atoms with Gasteiger partial charge in [0.05, 0.1) is 5.56 Å². The number of piperidine rings is 1. The van der Waals surface area contributed by atoms with Gasteiger partial charge in [0.25, 0.3) is 5.56 Å². The van der Waals surface area contributed by atoms with Crippen molar-refractivity contribution in [3.8, 4) is 0 Å². The number of alkyl halides is 3. The second-order valence-electron chi connectivity index (χ2n) is 7.49. The standard InChI is InChI=1S/C20H23F3N4O2/c1-13-7-9-27(10-8-13)18(28)6-5-16-19(29)24-17(26-25-16)12-14-3-2-4-15(11-14)20(21,22)23/h2-4,11,13H,5-10,12H2,1H3,(H,24,26,29). The van der Waals surface area contributed by atoms with Crippen LogP contribution in [0, 0.1) is 5.92 Å². The average Bonchev–Trinajstić information content (AvgIpc) is 2.67. The van der Waals surface area contributed by atoms with Crippen molar-refractivity contribution < 1.29 is 18.0 Å². The van der Waals surface area contributed by atoms with Gasteiger partial charge in [0.1, 0.15) is 11.5 Å². The minimum atomic E-state index is -4.43. The molecule has 0 spiro atoms. The van der Waals surface area contributed by atoms with E-state index in [1.54, 1.807) is 0 Å². The average molecular weight is 408 g/mol. The lowest BCUT2D eigenvalue weighted by Crippen LogP contribution is -2.38. The van der Waals surface area contributed by atoms with Crippen LogP contribution < -0.4 is 5.56 Å². The summed E-state index contributed by atoms with van der Waals surface area (Å²) in [5.41, 5.74) is -0.710. The van der Waals surface area contributed by atoms with Crippen LogP contribution in [0.3, 0.4) is 0 Å². The molecule has 2 heterocycles. The number of hydrogen-bond acceptors (Lipinski definition) is 4. The number of likely N-dealkylation sites (tertiary alicyclic amines) is 1. The molecule has 1 N–H and O–H groups in total. The van der Waals surface area contributed by atoms with E-state index < -0.39 is 17.3 Å². The Kier molecular flexibility index (Phi) is 6.34. The Balaban J connectivity index is 1.60. The second kappa shape index (κ2) is 8.75. The largest absolute Gasteiger partial charge is 0.416 e. The van der Waals surface area contributed by atoms with Gasteiger partial charge in [0, 0.05) is 32.4 Å². The molecule has 1 fully saturated rings. The maximum absolute atomic E-state index is 12.8. The lowest BCUT2D eigenvalue weighted by Gasteiger charge is -2.30. The van der Waals surface area contributed by atoms with E-state index in [1.165, 1.54) is 12.1 Å². The van der Waals surface area contributed by atoms with Crippen molar-refractivity contribution in [2.24, 2.45) is 5.92 Å². The van der Waals surface area contributed by atoms with Crippen molar-refractivity contribution in [2.75, 3.05) is 13.1 Å². The predicted octanol–water partition coefficient (Wildman–Crippen LogP) is 2.97. The van der Waals surface area contributed by atoms with Gasteiger partial charge in [-0.3, -0.25) is 9.59 Å². The summed E-state index contributed by atoms with van der Waals surface area (Å²) >= 11 is 0. The topological polar surface area (TPSA) is 79.0 Å². The molecule has 1 aliphatic rings. The van der Waals surface area contributed by atoms with Crippen molar-refractivity contribution in [3.63, 3.8) is 0 Å². The third-order valence-corrected chi connectivity index (χ3v) is 5.15. The zero-order chi connectivity index (χ0) is 21.0. The fourth-order valence-electron chi connectivity index (χ4n) is 3.33. The maximum atomic E-state index is 12.8. The number of nitrogens with zero attached hydrogens (tertiary/aromatic N) is 3. The number of carbonyl (C=O) groups excluding carboxylic acids is 1. The van der Waals surface area contributed by atoms with Crippen LogP contribution >= 0.6 is 0 Å². The number of aromatic nitrogens is 3. The van der Waals surface area contributed by atoms with E-state index in [2.05, 4.69) is 22.1 Å². The summed E-state index contributed by atoms with van der Waals surface area (Å²) in [5.74, 6) is 0.790. The van der Waals surface area contributed by atoms with Crippen LogP contribution in [-0.4, -0.2) is 39.1 Å². The number of hydrogen-bond donors (Lipinski definition) is 1. The second-order valence-corrected chi connectivity index (χ2v) is 7.49. The first-order valence-corrected chi connectivity index (χ1v) is 9.61. The van der Waals surface area contributed by atoms with Crippen LogP contribution in [-0.2, 0) is 23.8 Å². The number of H-pyrrole nitrogens is 1. The Morgan fingerprint density at radius 1 is 1.24 bits per heavy atom. The third-order valence-electron chi connectivity index (χ3n) is 5.15. The molecule has 0 bridgehead atoms. The number of aromatic amines is 1. The Morgan fingerprint density at radius 2 is 1.97 bits per heavy atom. The number of rotatable bonds is 5. The Bertz CT molecular complexity index is 918. The fraction of sp³-hybridized carbons (Fsp3) is 0.500. The number of amides is 1. The quantitative estimate of drug-likeness (QED) is 0.825. The number of benzene rings is 1. The summed E-state index contributed by atoms with van der Waals surface area (Å²) in [7, 11) is 0. The summed E-state index contributed by atoms with van der Waals surface area (Å²) in [4.78, 5) is 28.9. The van der Waals surface area contributed by atoms with E-state index in [9.17, 15) is 22.8 Å². The van der Waals surface area contributed by atoms with Gasteiger partial charge >= 0.3 is 6.18 Å². The van der Waals surface area contributed by atoms with Crippen LogP contribution in [0.25, 0.3) is 0 Å². The highest BCUT2D eigenvalue weighted by Crippen LogP contribution is 2.29. The fourth-order valence-corrected chi connectivity index (χ4v) is 3.33. The van der Waals surface area contributed by atoms with Gasteiger partial charge in [0.2, 0.25) is 5.91 Å². The first-order chi connectivity index (χ1) is 13.7. The van der Waals surface area contributed by atoms with Crippen molar-refractivity contribution in [3.05, 3.63) is 57.3 Å². The van der Waals surface area contributed by atoms with E-state index in [0.29, 0.717) is 11.5 Å². The van der Waals surface area contributed by atoms with Crippen molar-refractivity contribution in [2.45, 2.75) is 45.2 Å². The lowest BCUT2D eigenvalue weighted by atomic mass is 9.99. The molecule has 1 aliphatic heterocycles. The zero-order valence-electron chi connectivity index (χ0n) is 16.1. The van der Waals surface area contributed by atoms with E-state index >= 15 is 0 Å². The number of carbonyl (C=O) groups is 1. The third kappa shape index (κ3) is 5.65. The zero-order valence-corrected chi connectivity index (χ0v) is 16.1. The lowest BCUT2D eigenvalue weighted by molar-refractivity contribution is -0.137. The molecule has 6 nitrogen and oxygen atoms in total. The Labute approximate surface area is 166 Å². The van der Waals surface area contributed by atoms with Gasteiger partial charge in [-0.25, -0.2) is 0 Å². The smallest absolute Gasteiger partial charge is 0.343 e.